The zero-order chi connectivity index (χ0) is 13.1. The van der Waals surface area contributed by atoms with E-state index in [0.29, 0.717) is 0 Å². The van der Waals surface area contributed by atoms with E-state index in [0.717, 1.165) is 25.7 Å². The second kappa shape index (κ2) is 5.38. The SMILES string of the molecule is CC(C)(C)OC(=O)N[C@H]1CC[C@H](C(N)=O)CC1. The van der Waals surface area contributed by atoms with Crippen LogP contribution >= 0.6 is 0 Å². The fraction of sp³-hybridized carbons (Fsp3) is 0.833. The number of nitrogens with one attached hydrogen (secondary N) is 1. The van der Waals surface area contributed by atoms with Crippen molar-refractivity contribution in [3.05, 3.63) is 0 Å². The smallest absolute Gasteiger partial charge is 0.407 e. The number of hydrogen-bond acceptors (Lipinski definition) is 3. The Labute approximate surface area is 102 Å². The van der Waals surface area contributed by atoms with Crippen LogP contribution in [0.1, 0.15) is 46.5 Å². The molecule has 0 aromatic carbocycles. The van der Waals surface area contributed by atoms with Crippen molar-refractivity contribution in [1.82, 2.24) is 5.32 Å². The molecule has 0 aromatic rings. The Morgan fingerprint density at radius 3 is 2.12 bits per heavy atom. The molecule has 5 heteroatoms. The first kappa shape index (κ1) is 13.8. The highest BCUT2D eigenvalue weighted by Crippen LogP contribution is 2.24. The summed E-state index contributed by atoms with van der Waals surface area (Å²) in [6.45, 7) is 5.49. The van der Waals surface area contributed by atoms with Crippen LogP contribution in [0.15, 0.2) is 0 Å². The molecule has 0 heterocycles. The highest BCUT2D eigenvalue weighted by Gasteiger charge is 2.26. The Kier molecular flexibility index (Phi) is 4.37. The van der Waals surface area contributed by atoms with Gasteiger partial charge in [-0.15, -0.1) is 0 Å². The molecule has 1 fully saturated rings. The maximum absolute atomic E-state index is 11.5. The molecule has 0 spiro atoms. The number of alkyl carbamates (subject to hydrolysis) is 1. The van der Waals surface area contributed by atoms with Crippen molar-refractivity contribution in [2.45, 2.75) is 58.1 Å². The quantitative estimate of drug-likeness (QED) is 0.771. The Balaban J connectivity index is 2.31. The van der Waals surface area contributed by atoms with Crippen LogP contribution < -0.4 is 11.1 Å². The largest absolute Gasteiger partial charge is 0.444 e. The van der Waals surface area contributed by atoms with E-state index in [2.05, 4.69) is 5.32 Å². The van der Waals surface area contributed by atoms with Crippen LogP contribution in [-0.2, 0) is 9.53 Å². The predicted molar refractivity (Wildman–Crippen MR) is 64.3 cm³/mol. The molecule has 0 unspecified atom stereocenters. The zero-order valence-electron chi connectivity index (χ0n) is 10.8. The third kappa shape index (κ3) is 5.06. The lowest BCUT2D eigenvalue weighted by Crippen LogP contribution is -2.42. The summed E-state index contributed by atoms with van der Waals surface area (Å²) in [4.78, 5) is 22.5. The van der Waals surface area contributed by atoms with E-state index in [1.165, 1.54) is 0 Å². The van der Waals surface area contributed by atoms with E-state index >= 15 is 0 Å². The molecule has 0 bridgehead atoms. The zero-order valence-corrected chi connectivity index (χ0v) is 10.8. The lowest BCUT2D eigenvalue weighted by molar-refractivity contribution is -0.122. The van der Waals surface area contributed by atoms with Crippen LogP contribution in [0.2, 0.25) is 0 Å². The molecule has 0 atom stereocenters. The van der Waals surface area contributed by atoms with Crippen LogP contribution in [0.4, 0.5) is 4.79 Å². The minimum atomic E-state index is -0.478. The molecule has 2 amide bonds. The molecule has 17 heavy (non-hydrogen) atoms. The average Bonchev–Trinajstić information content (AvgIpc) is 2.15. The van der Waals surface area contributed by atoms with E-state index < -0.39 is 5.60 Å². The summed E-state index contributed by atoms with van der Waals surface area (Å²) in [7, 11) is 0. The molecule has 5 nitrogen and oxygen atoms in total. The summed E-state index contributed by atoms with van der Waals surface area (Å²) in [5, 5.41) is 2.82. The third-order valence-corrected chi connectivity index (χ3v) is 2.85. The van der Waals surface area contributed by atoms with Crippen molar-refractivity contribution < 1.29 is 14.3 Å². The summed E-state index contributed by atoms with van der Waals surface area (Å²) >= 11 is 0. The van der Waals surface area contributed by atoms with Crippen molar-refractivity contribution in [1.29, 1.82) is 0 Å². The lowest BCUT2D eigenvalue weighted by atomic mass is 9.86. The fourth-order valence-corrected chi connectivity index (χ4v) is 2.00. The van der Waals surface area contributed by atoms with Crippen LogP contribution in [0.25, 0.3) is 0 Å². The Hall–Kier alpha value is -1.26. The van der Waals surface area contributed by atoms with Crippen molar-refractivity contribution in [2.24, 2.45) is 11.7 Å². The topological polar surface area (TPSA) is 81.4 Å². The van der Waals surface area contributed by atoms with E-state index in [1.54, 1.807) is 0 Å². The van der Waals surface area contributed by atoms with Gasteiger partial charge in [-0.3, -0.25) is 4.79 Å². The highest BCUT2D eigenvalue weighted by atomic mass is 16.6. The van der Waals surface area contributed by atoms with E-state index in [4.69, 9.17) is 10.5 Å². The molecule has 3 N–H and O–H groups in total. The van der Waals surface area contributed by atoms with Crippen molar-refractivity contribution in [2.75, 3.05) is 0 Å². The third-order valence-electron chi connectivity index (χ3n) is 2.85. The maximum atomic E-state index is 11.5. The summed E-state index contributed by atoms with van der Waals surface area (Å²) in [5.74, 6) is -0.271. The molecule has 1 saturated carbocycles. The number of primary amides is 1. The fourth-order valence-electron chi connectivity index (χ4n) is 2.00. The molecule has 1 aliphatic carbocycles. The van der Waals surface area contributed by atoms with Crippen LogP contribution in [0.3, 0.4) is 0 Å². The number of hydrogen-bond donors (Lipinski definition) is 2. The van der Waals surface area contributed by atoms with Crippen LogP contribution in [0, 0.1) is 5.92 Å². The summed E-state index contributed by atoms with van der Waals surface area (Å²) in [6, 6.07) is 0.0976. The molecule has 0 aromatic heterocycles. The Morgan fingerprint density at radius 1 is 1.18 bits per heavy atom. The number of carbonyl (C=O) groups is 2. The van der Waals surface area contributed by atoms with Gasteiger partial charge in [0.15, 0.2) is 0 Å². The Bertz CT molecular complexity index is 289. The van der Waals surface area contributed by atoms with E-state index in [-0.39, 0.29) is 24.0 Å². The first-order chi connectivity index (χ1) is 7.78. The molecule has 1 aliphatic rings. The summed E-state index contributed by atoms with van der Waals surface area (Å²) < 4.78 is 5.17. The summed E-state index contributed by atoms with van der Waals surface area (Å²) in [5.41, 5.74) is 4.77. The summed E-state index contributed by atoms with van der Waals surface area (Å²) in [6.07, 6.45) is 2.67. The van der Waals surface area contributed by atoms with Crippen molar-refractivity contribution in [3.63, 3.8) is 0 Å². The molecule has 0 radical (unpaired) electrons. The minimum absolute atomic E-state index is 0.0355. The van der Waals surface area contributed by atoms with Gasteiger partial charge in [0, 0.05) is 12.0 Å². The molecular weight excluding hydrogens is 220 g/mol. The second-order valence-corrected chi connectivity index (χ2v) is 5.60. The molecule has 98 valence electrons. The maximum Gasteiger partial charge on any atom is 0.407 e. The highest BCUT2D eigenvalue weighted by molar-refractivity contribution is 5.76. The number of amides is 2. The molecule has 0 saturated heterocycles. The lowest BCUT2D eigenvalue weighted by Gasteiger charge is -2.28. The number of nitrogens with two attached hydrogens (primary N) is 1. The second-order valence-electron chi connectivity index (χ2n) is 5.60. The van der Waals surface area contributed by atoms with Gasteiger partial charge in [-0.25, -0.2) is 4.79 Å². The molecular formula is C12H22N2O3. The van der Waals surface area contributed by atoms with Crippen molar-refractivity contribution >= 4 is 12.0 Å². The van der Waals surface area contributed by atoms with E-state index in [1.807, 2.05) is 20.8 Å². The van der Waals surface area contributed by atoms with Gasteiger partial charge in [-0.05, 0) is 46.5 Å². The standard InChI is InChI=1S/C12H22N2O3/c1-12(2,3)17-11(16)14-9-6-4-8(5-7-9)10(13)15/h8-9H,4-7H2,1-3H3,(H2,13,15)(H,14,16)/t8-,9-. The van der Waals surface area contributed by atoms with Gasteiger partial charge in [-0.1, -0.05) is 0 Å². The molecule has 1 rings (SSSR count). The molecule has 0 aliphatic heterocycles. The number of rotatable bonds is 2. The Morgan fingerprint density at radius 2 is 1.71 bits per heavy atom. The first-order valence-electron chi connectivity index (χ1n) is 6.07. The van der Waals surface area contributed by atoms with Crippen LogP contribution in [0.5, 0.6) is 0 Å². The normalized spacial score (nSPS) is 25.1. The first-order valence-corrected chi connectivity index (χ1v) is 6.07. The van der Waals surface area contributed by atoms with Gasteiger partial charge < -0.3 is 15.8 Å². The van der Waals surface area contributed by atoms with Gasteiger partial charge in [-0.2, -0.15) is 0 Å². The van der Waals surface area contributed by atoms with Gasteiger partial charge in [0.05, 0.1) is 0 Å². The average molecular weight is 242 g/mol. The van der Waals surface area contributed by atoms with Crippen molar-refractivity contribution in [3.8, 4) is 0 Å². The van der Waals surface area contributed by atoms with Gasteiger partial charge >= 0.3 is 6.09 Å². The van der Waals surface area contributed by atoms with Gasteiger partial charge in [0.25, 0.3) is 0 Å². The monoisotopic (exact) mass is 242 g/mol. The van der Waals surface area contributed by atoms with Gasteiger partial charge in [0.1, 0.15) is 5.60 Å². The van der Waals surface area contributed by atoms with Gasteiger partial charge in [0.2, 0.25) is 5.91 Å². The number of ether oxygens (including phenoxy) is 1. The minimum Gasteiger partial charge on any atom is -0.444 e. The predicted octanol–water partition coefficient (Wildman–Crippen LogP) is 1.56. The van der Waals surface area contributed by atoms with E-state index in [9.17, 15) is 9.59 Å². The number of carbonyl (C=O) groups excluding carboxylic acids is 2. The van der Waals surface area contributed by atoms with Crippen LogP contribution in [-0.4, -0.2) is 23.6 Å².